The van der Waals surface area contributed by atoms with Gasteiger partial charge in [0, 0.05) is 18.6 Å². The molecule has 0 atom stereocenters. The van der Waals surface area contributed by atoms with Gasteiger partial charge in [-0.05, 0) is 44.6 Å². The average Bonchev–Trinajstić information content (AvgIpc) is 3.29. The predicted molar refractivity (Wildman–Crippen MR) is 82.5 cm³/mol. The van der Waals surface area contributed by atoms with Crippen molar-refractivity contribution in [2.45, 2.75) is 63.8 Å². The summed E-state index contributed by atoms with van der Waals surface area (Å²) in [7, 11) is 0. The number of carbonyl (C=O) groups excluding carboxylic acids is 1. The Hall–Kier alpha value is -0.610. The number of rotatable bonds is 8. The van der Waals surface area contributed by atoms with Crippen LogP contribution < -0.4 is 11.1 Å². The van der Waals surface area contributed by atoms with E-state index in [0.717, 1.165) is 38.3 Å². The van der Waals surface area contributed by atoms with E-state index in [1.54, 1.807) is 0 Å². The van der Waals surface area contributed by atoms with Crippen LogP contribution in [0.25, 0.3) is 0 Å². The van der Waals surface area contributed by atoms with Gasteiger partial charge in [-0.25, -0.2) is 0 Å². The van der Waals surface area contributed by atoms with Gasteiger partial charge in [-0.1, -0.05) is 26.2 Å². The van der Waals surface area contributed by atoms with Crippen molar-refractivity contribution in [1.82, 2.24) is 10.2 Å². The van der Waals surface area contributed by atoms with Crippen LogP contribution in [0.2, 0.25) is 0 Å². The molecule has 2 saturated carbocycles. The van der Waals surface area contributed by atoms with Crippen LogP contribution in [0.5, 0.6) is 0 Å². The second-order valence-corrected chi connectivity index (χ2v) is 6.66. The molecule has 4 heteroatoms. The van der Waals surface area contributed by atoms with Gasteiger partial charge in [-0.2, -0.15) is 0 Å². The molecule has 2 aliphatic rings. The molecule has 3 N–H and O–H groups in total. The zero-order valence-corrected chi connectivity index (χ0v) is 13.0. The second-order valence-electron chi connectivity index (χ2n) is 6.66. The molecule has 0 heterocycles. The van der Waals surface area contributed by atoms with E-state index in [2.05, 4.69) is 17.1 Å². The number of nitrogens with zero attached hydrogens (tertiary/aromatic N) is 1. The summed E-state index contributed by atoms with van der Waals surface area (Å²) in [6.45, 7) is 5.24. The molecule has 0 aromatic rings. The highest BCUT2D eigenvalue weighted by Crippen LogP contribution is 2.33. The fourth-order valence-electron chi connectivity index (χ4n) is 3.42. The van der Waals surface area contributed by atoms with Gasteiger partial charge in [-0.15, -0.1) is 0 Å². The molecular formula is C16H31N3O. The molecule has 1 amide bonds. The van der Waals surface area contributed by atoms with Crippen molar-refractivity contribution in [3.63, 3.8) is 0 Å². The Balaban J connectivity index is 1.90. The maximum absolute atomic E-state index is 12.2. The highest BCUT2D eigenvalue weighted by Gasteiger charge is 2.37. The van der Waals surface area contributed by atoms with Gasteiger partial charge >= 0.3 is 0 Å². The van der Waals surface area contributed by atoms with E-state index >= 15 is 0 Å². The fourth-order valence-corrected chi connectivity index (χ4v) is 3.42. The molecule has 0 aromatic carbocycles. The van der Waals surface area contributed by atoms with Crippen molar-refractivity contribution in [1.29, 1.82) is 0 Å². The quantitative estimate of drug-likeness (QED) is 0.714. The lowest BCUT2D eigenvalue weighted by Crippen LogP contribution is -2.57. The Bertz CT molecular complexity index is 309. The Kier molecular flexibility index (Phi) is 5.85. The van der Waals surface area contributed by atoms with Gasteiger partial charge in [0.05, 0.1) is 6.54 Å². The van der Waals surface area contributed by atoms with E-state index in [4.69, 9.17) is 5.73 Å². The van der Waals surface area contributed by atoms with E-state index < -0.39 is 0 Å². The Morgan fingerprint density at radius 2 is 2.00 bits per heavy atom. The third-order valence-electron chi connectivity index (χ3n) is 4.95. The summed E-state index contributed by atoms with van der Waals surface area (Å²) in [5.41, 5.74) is 6.18. The number of hydrogen-bond acceptors (Lipinski definition) is 3. The van der Waals surface area contributed by atoms with Gasteiger partial charge in [-0.3, -0.25) is 9.69 Å². The standard InChI is InChI=1S/C16H31N3O/c1-2-10-19(12-15(20)18-11-14-6-7-14)16(13-17)8-4-3-5-9-16/h14H,2-13,17H2,1H3,(H,18,20). The SMILES string of the molecule is CCCN(CC(=O)NCC1CC1)C1(CN)CCCCC1. The smallest absolute Gasteiger partial charge is 0.234 e. The van der Waals surface area contributed by atoms with E-state index in [-0.39, 0.29) is 11.4 Å². The normalized spacial score (nSPS) is 21.9. The summed E-state index contributed by atoms with van der Waals surface area (Å²) < 4.78 is 0. The molecular weight excluding hydrogens is 250 g/mol. The van der Waals surface area contributed by atoms with Crippen LogP contribution in [0.15, 0.2) is 0 Å². The first kappa shape index (κ1) is 15.8. The summed E-state index contributed by atoms with van der Waals surface area (Å²) in [5, 5.41) is 3.09. The summed E-state index contributed by atoms with van der Waals surface area (Å²) in [6.07, 6.45) is 9.77. The lowest BCUT2D eigenvalue weighted by Gasteiger charge is -2.45. The van der Waals surface area contributed by atoms with E-state index in [0.29, 0.717) is 13.1 Å². The molecule has 2 rings (SSSR count). The minimum absolute atomic E-state index is 0.0746. The van der Waals surface area contributed by atoms with Gasteiger partial charge in [0.1, 0.15) is 0 Å². The lowest BCUT2D eigenvalue weighted by molar-refractivity contribution is -0.124. The molecule has 0 unspecified atom stereocenters. The predicted octanol–water partition coefficient (Wildman–Crippen LogP) is 1.89. The Morgan fingerprint density at radius 3 is 2.55 bits per heavy atom. The summed E-state index contributed by atoms with van der Waals surface area (Å²) in [5.74, 6) is 0.931. The van der Waals surface area contributed by atoms with Crippen LogP contribution in [0.4, 0.5) is 0 Å². The van der Waals surface area contributed by atoms with Crippen LogP contribution in [0.3, 0.4) is 0 Å². The molecule has 116 valence electrons. The third-order valence-corrected chi connectivity index (χ3v) is 4.95. The molecule has 0 bridgehead atoms. The number of carbonyl (C=O) groups is 1. The number of hydrogen-bond donors (Lipinski definition) is 2. The molecule has 2 aliphatic carbocycles. The molecule has 0 aromatic heterocycles. The summed E-state index contributed by atoms with van der Waals surface area (Å²) >= 11 is 0. The maximum Gasteiger partial charge on any atom is 0.234 e. The fraction of sp³-hybridized carbons (Fsp3) is 0.938. The first-order valence-corrected chi connectivity index (χ1v) is 8.42. The Morgan fingerprint density at radius 1 is 1.30 bits per heavy atom. The number of amides is 1. The average molecular weight is 281 g/mol. The topological polar surface area (TPSA) is 58.4 Å². The largest absolute Gasteiger partial charge is 0.355 e. The van der Waals surface area contributed by atoms with Gasteiger partial charge in [0.15, 0.2) is 0 Å². The highest BCUT2D eigenvalue weighted by atomic mass is 16.2. The van der Waals surface area contributed by atoms with Crippen LogP contribution in [-0.4, -0.2) is 42.5 Å². The van der Waals surface area contributed by atoms with E-state index in [1.807, 2.05) is 0 Å². The second kappa shape index (κ2) is 7.41. The third kappa shape index (κ3) is 4.19. The molecule has 4 nitrogen and oxygen atoms in total. The van der Waals surface area contributed by atoms with Crippen molar-refractivity contribution in [2.75, 3.05) is 26.2 Å². The highest BCUT2D eigenvalue weighted by molar-refractivity contribution is 5.78. The zero-order chi connectivity index (χ0) is 14.4. The van der Waals surface area contributed by atoms with Crippen molar-refractivity contribution >= 4 is 5.91 Å². The molecule has 2 fully saturated rings. The first-order chi connectivity index (χ1) is 9.70. The van der Waals surface area contributed by atoms with Crippen LogP contribution >= 0.6 is 0 Å². The van der Waals surface area contributed by atoms with Crippen LogP contribution in [0.1, 0.15) is 58.3 Å². The summed E-state index contributed by atoms with van der Waals surface area (Å²) in [4.78, 5) is 14.5. The monoisotopic (exact) mass is 281 g/mol. The van der Waals surface area contributed by atoms with Crippen molar-refractivity contribution in [3.05, 3.63) is 0 Å². The minimum atomic E-state index is 0.0746. The molecule has 0 spiro atoms. The maximum atomic E-state index is 12.2. The van der Waals surface area contributed by atoms with Crippen molar-refractivity contribution < 1.29 is 4.79 Å². The van der Waals surface area contributed by atoms with Crippen LogP contribution in [0, 0.1) is 5.92 Å². The van der Waals surface area contributed by atoms with Crippen molar-refractivity contribution in [3.8, 4) is 0 Å². The number of nitrogens with one attached hydrogen (secondary N) is 1. The van der Waals surface area contributed by atoms with Gasteiger partial charge in [0.2, 0.25) is 5.91 Å². The molecule has 0 aliphatic heterocycles. The molecule has 20 heavy (non-hydrogen) atoms. The van der Waals surface area contributed by atoms with Crippen molar-refractivity contribution in [2.24, 2.45) is 11.7 Å². The zero-order valence-electron chi connectivity index (χ0n) is 13.0. The van der Waals surface area contributed by atoms with Crippen LogP contribution in [-0.2, 0) is 4.79 Å². The van der Waals surface area contributed by atoms with E-state index in [9.17, 15) is 4.79 Å². The lowest BCUT2D eigenvalue weighted by atomic mass is 9.80. The summed E-state index contributed by atoms with van der Waals surface area (Å²) in [6, 6.07) is 0. The van der Waals surface area contributed by atoms with Gasteiger partial charge < -0.3 is 11.1 Å². The Labute approximate surface area is 123 Å². The van der Waals surface area contributed by atoms with Gasteiger partial charge in [0.25, 0.3) is 0 Å². The first-order valence-electron chi connectivity index (χ1n) is 8.42. The molecule has 0 saturated heterocycles. The molecule has 0 radical (unpaired) electrons. The number of nitrogens with two attached hydrogens (primary N) is 1. The van der Waals surface area contributed by atoms with E-state index in [1.165, 1.54) is 32.1 Å². The minimum Gasteiger partial charge on any atom is -0.355 e.